The first kappa shape index (κ1) is 18.2. The fourth-order valence-corrected chi connectivity index (χ4v) is 2.83. The Hall–Kier alpha value is -3.60. The lowest BCUT2D eigenvalue weighted by atomic mass is 10.0. The van der Waals surface area contributed by atoms with Crippen molar-refractivity contribution in [3.05, 3.63) is 69.3 Å². The second-order valence-corrected chi connectivity index (χ2v) is 6.15. The molecule has 1 amide bonds. The third-order valence-corrected chi connectivity index (χ3v) is 4.31. The number of nitrogens with zero attached hydrogens (tertiary/aromatic N) is 3. The van der Waals surface area contributed by atoms with Gasteiger partial charge in [-0.3, -0.25) is 14.6 Å². The molecule has 0 aliphatic heterocycles. The van der Waals surface area contributed by atoms with Crippen LogP contribution < -0.4 is 10.9 Å². The number of halogens is 1. The topological polar surface area (TPSA) is 112 Å². The Morgan fingerprint density at radius 2 is 2.15 bits per heavy atom. The third kappa shape index (κ3) is 3.82. The van der Waals surface area contributed by atoms with Crippen molar-refractivity contribution in [2.24, 2.45) is 0 Å². The van der Waals surface area contributed by atoms with Gasteiger partial charge < -0.3 is 10.3 Å². The zero-order valence-corrected chi connectivity index (χ0v) is 14.7. The van der Waals surface area contributed by atoms with Crippen LogP contribution in [0.25, 0.3) is 10.9 Å². The number of nitriles is 1. The van der Waals surface area contributed by atoms with Crippen LogP contribution in [0.15, 0.2) is 35.4 Å². The SMILES string of the molecule is Cc1c(CC(=O)N[C@H](C)c2cnc(C#N)cn2)c(=O)[nH]c2ccc(F)cc12. The van der Waals surface area contributed by atoms with Gasteiger partial charge in [-0.2, -0.15) is 5.26 Å². The van der Waals surface area contributed by atoms with Crippen LogP contribution in [-0.2, 0) is 11.2 Å². The maximum absolute atomic E-state index is 13.5. The van der Waals surface area contributed by atoms with Crippen LogP contribution in [0.3, 0.4) is 0 Å². The van der Waals surface area contributed by atoms with E-state index in [0.29, 0.717) is 22.2 Å². The van der Waals surface area contributed by atoms with Gasteiger partial charge in [-0.1, -0.05) is 0 Å². The van der Waals surface area contributed by atoms with Gasteiger partial charge in [0.15, 0.2) is 5.69 Å². The minimum Gasteiger partial charge on any atom is -0.348 e. The summed E-state index contributed by atoms with van der Waals surface area (Å²) in [5.41, 5.74) is 1.66. The monoisotopic (exact) mass is 365 g/mol. The van der Waals surface area contributed by atoms with Crippen LogP contribution in [0.5, 0.6) is 0 Å². The van der Waals surface area contributed by atoms with E-state index in [1.54, 1.807) is 13.8 Å². The standard InChI is InChI=1S/C19H16FN5O2/c1-10-14-5-12(20)3-4-16(14)25-19(27)15(10)6-18(26)24-11(2)17-9-22-13(7-21)8-23-17/h3-5,8-9,11H,6H2,1-2H3,(H,24,26)(H,25,27)/t11-/m1/s1. The van der Waals surface area contributed by atoms with Gasteiger partial charge in [-0.05, 0) is 37.6 Å². The first-order chi connectivity index (χ1) is 12.9. The number of carbonyl (C=O) groups is 1. The highest BCUT2D eigenvalue weighted by Gasteiger charge is 2.16. The molecule has 1 atom stereocenters. The summed E-state index contributed by atoms with van der Waals surface area (Å²) < 4.78 is 13.5. The fraction of sp³-hybridized carbons (Fsp3) is 0.211. The van der Waals surface area contributed by atoms with Crippen LogP contribution in [0.2, 0.25) is 0 Å². The number of rotatable bonds is 4. The average Bonchev–Trinajstić information content (AvgIpc) is 2.66. The van der Waals surface area contributed by atoms with Crippen molar-refractivity contribution in [2.45, 2.75) is 26.3 Å². The number of hydrogen-bond donors (Lipinski definition) is 2. The predicted molar refractivity (Wildman–Crippen MR) is 96.3 cm³/mol. The summed E-state index contributed by atoms with van der Waals surface area (Å²) in [5, 5.41) is 12.0. The molecular weight excluding hydrogens is 349 g/mol. The Labute approximate surface area is 153 Å². The number of aromatic nitrogens is 3. The highest BCUT2D eigenvalue weighted by molar-refractivity contribution is 5.85. The molecule has 2 N–H and O–H groups in total. The molecule has 0 fully saturated rings. The maximum atomic E-state index is 13.5. The molecule has 0 unspecified atom stereocenters. The van der Waals surface area contributed by atoms with Gasteiger partial charge in [0.25, 0.3) is 5.56 Å². The molecule has 7 nitrogen and oxygen atoms in total. The quantitative estimate of drug-likeness (QED) is 0.735. The van der Waals surface area contributed by atoms with Gasteiger partial charge in [-0.25, -0.2) is 9.37 Å². The Bertz CT molecular complexity index is 1120. The van der Waals surface area contributed by atoms with Crippen LogP contribution in [0, 0.1) is 24.1 Å². The first-order valence-corrected chi connectivity index (χ1v) is 8.21. The molecule has 2 heterocycles. The van der Waals surface area contributed by atoms with Crippen LogP contribution in [0.1, 0.15) is 35.5 Å². The molecule has 0 saturated heterocycles. The molecule has 1 aromatic carbocycles. The van der Waals surface area contributed by atoms with Crippen LogP contribution >= 0.6 is 0 Å². The van der Waals surface area contributed by atoms with E-state index >= 15 is 0 Å². The molecule has 27 heavy (non-hydrogen) atoms. The van der Waals surface area contributed by atoms with Crippen LogP contribution in [-0.4, -0.2) is 20.9 Å². The molecule has 3 rings (SSSR count). The van der Waals surface area contributed by atoms with Gasteiger partial charge in [0.05, 0.1) is 30.6 Å². The van der Waals surface area contributed by atoms with E-state index in [2.05, 4.69) is 20.3 Å². The Morgan fingerprint density at radius 1 is 1.37 bits per heavy atom. The number of hydrogen-bond acceptors (Lipinski definition) is 5. The van der Waals surface area contributed by atoms with Gasteiger partial charge >= 0.3 is 0 Å². The van der Waals surface area contributed by atoms with Crippen molar-refractivity contribution >= 4 is 16.8 Å². The number of H-pyrrole nitrogens is 1. The van der Waals surface area contributed by atoms with E-state index in [0.717, 1.165) is 0 Å². The van der Waals surface area contributed by atoms with Crippen molar-refractivity contribution in [3.63, 3.8) is 0 Å². The number of nitrogens with one attached hydrogen (secondary N) is 2. The lowest BCUT2D eigenvalue weighted by molar-refractivity contribution is -0.121. The van der Waals surface area contributed by atoms with Gasteiger partial charge in [-0.15, -0.1) is 0 Å². The summed E-state index contributed by atoms with van der Waals surface area (Å²) in [7, 11) is 0. The molecule has 0 spiro atoms. The largest absolute Gasteiger partial charge is 0.348 e. The summed E-state index contributed by atoms with van der Waals surface area (Å²) in [6.07, 6.45) is 2.59. The molecule has 0 aliphatic carbocycles. The third-order valence-electron chi connectivity index (χ3n) is 4.31. The number of pyridine rings is 1. The molecule has 8 heteroatoms. The van der Waals surface area contributed by atoms with Crippen molar-refractivity contribution in [1.29, 1.82) is 5.26 Å². The number of aromatic amines is 1. The Morgan fingerprint density at radius 3 is 2.81 bits per heavy atom. The summed E-state index contributed by atoms with van der Waals surface area (Å²) in [5.74, 6) is -0.793. The molecule has 2 aromatic heterocycles. The normalized spacial score (nSPS) is 11.8. The average molecular weight is 365 g/mol. The van der Waals surface area contributed by atoms with E-state index in [-0.39, 0.29) is 29.1 Å². The number of benzene rings is 1. The van der Waals surface area contributed by atoms with Gasteiger partial charge in [0.2, 0.25) is 5.91 Å². The lowest BCUT2D eigenvalue weighted by Gasteiger charge is -2.14. The van der Waals surface area contributed by atoms with Gasteiger partial charge in [0, 0.05) is 16.5 Å². The number of amides is 1. The number of fused-ring (bicyclic) bond motifs is 1. The van der Waals surface area contributed by atoms with Crippen molar-refractivity contribution < 1.29 is 9.18 Å². The lowest BCUT2D eigenvalue weighted by Crippen LogP contribution is -2.31. The summed E-state index contributed by atoms with van der Waals surface area (Å²) in [6, 6.07) is 5.52. The smallest absolute Gasteiger partial charge is 0.252 e. The highest BCUT2D eigenvalue weighted by Crippen LogP contribution is 2.19. The molecule has 3 aromatic rings. The van der Waals surface area contributed by atoms with Crippen molar-refractivity contribution in [2.75, 3.05) is 0 Å². The Balaban J connectivity index is 1.81. The van der Waals surface area contributed by atoms with E-state index in [9.17, 15) is 14.0 Å². The first-order valence-electron chi connectivity index (χ1n) is 8.21. The van der Waals surface area contributed by atoms with Crippen molar-refractivity contribution in [1.82, 2.24) is 20.3 Å². The second kappa shape index (κ2) is 7.33. The summed E-state index contributed by atoms with van der Waals surface area (Å²) in [6.45, 7) is 3.41. The molecule has 0 aliphatic rings. The second-order valence-electron chi connectivity index (χ2n) is 6.15. The molecule has 0 radical (unpaired) electrons. The Kier molecular flexibility index (Phi) is 4.94. The fourth-order valence-electron chi connectivity index (χ4n) is 2.83. The zero-order chi connectivity index (χ0) is 19.6. The van der Waals surface area contributed by atoms with Gasteiger partial charge in [0.1, 0.15) is 11.9 Å². The predicted octanol–water partition coefficient (Wildman–Crippen LogP) is 2.06. The molecule has 0 saturated carbocycles. The van der Waals surface area contributed by atoms with E-state index < -0.39 is 11.9 Å². The minimum atomic E-state index is -0.449. The maximum Gasteiger partial charge on any atom is 0.252 e. The summed E-state index contributed by atoms with van der Waals surface area (Å²) in [4.78, 5) is 35.4. The minimum absolute atomic E-state index is 0.151. The van der Waals surface area contributed by atoms with Crippen molar-refractivity contribution in [3.8, 4) is 6.07 Å². The molecule has 136 valence electrons. The van der Waals surface area contributed by atoms with E-state index in [1.165, 1.54) is 30.6 Å². The summed E-state index contributed by atoms with van der Waals surface area (Å²) >= 11 is 0. The number of carbonyl (C=O) groups excluding carboxylic acids is 1. The molecule has 0 bridgehead atoms. The highest BCUT2D eigenvalue weighted by atomic mass is 19.1. The van der Waals surface area contributed by atoms with E-state index in [4.69, 9.17) is 5.26 Å². The zero-order valence-electron chi connectivity index (χ0n) is 14.7. The number of aryl methyl sites for hydroxylation is 1. The van der Waals surface area contributed by atoms with E-state index in [1.807, 2.05) is 6.07 Å². The molecular formula is C19H16FN5O2. The van der Waals surface area contributed by atoms with Crippen LogP contribution in [0.4, 0.5) is 4.39 Å².